The van der Waals surface area contributed by atoms with Gasteiger partial charge in [0.05, 0.1) is 5.41 Å². The largest absolute Gasteiger partial charge is 0.481 e. The lowest BCUT2D eigenvalue weighted by Crippen LogP contribution is -2.35. The molecule has 0 bridgehead atoms. The molecule has 1 aliphatic carbocycles. The molecule has 0 unspecified atom stereocenters. The van der Waals surface area contributed by atoms with Crippen molar-refractivity contribution in [1.29, 1.82) is 0 Å². The standard InChI is InChI=1S/C12H22O2/c1-4-12(11(13)14)7-5-10(6-8-12)9(2)3/h9-10H,4-8H2,1-3H3,(H,13,14). The van der Waals surface area contributed by atoms with E-state index in [2.05, 4.69) is 13.8 Å². The second-order valence-corrected chi connectivity index (χ2v) is 5.02. The molecule has 0 heterocycles. The molecule has 1 fully saturated rings. The molecule has 0 spiro atoms. The Kier molecular flexibility index (Phi) is 3.57. The fraction of sp³-hybridized carbons (Fsp3) is 0.917. The molecule has 1 aliphatic rings. The van der Waals surface area contributed by atoms with Gasteiger partial charge in [0, 0.05) is 0 Å². The molecule has 82 valence electrons. The first kappa shape index (κ1) is 11.5. The van der Waals surface area contributed by atoms with Crippen LogP contribution in [-0.2, 0) is 4.79 Å². The highest BCUT2D eigenvalue weighted by atomic mass is 16.4. The molecule has 0 radical (unpaired) electrons. The van der Waals surface area contributed by atoms with Crippen LogP contribution in [0.15, 0.2) is 0 Å². The minimum Gasteiger partial charge on any atom is -0.481 e. The van der Waals surface area contributed by atoms with Crippen LogP contribution in [0.3, 0.4) is 0 Å². The number of carbonyl (C=O) groups is 1. The Morgan fingerprint density at radius 2 is 1.93 bits per heavy atom. The number of rotatable bonds is 3. The summed E-state index contributed by atoms with van der Waals surface area (Å²) in [6.07, 6.45) is 4.73. The Morgan fingerprint density at radius 1 is 1.43 bits per heavy atom. The summed E-state index contributed by atoms with van der Waals surface area (Å²) < 4.78 is 0. The smallest absolute Gasteiger partial charge is 0.309 e. The summed E-state index contributed by atoms with van der Waals surface area (Å²) in [5.74, 6) is 0.870. The van der Waals surface area contributed by atoms with Crippen molar-refractivity contribution in [2.45, 2.75) is 52.9 Å². The maximum Gasteiger partial charge on any atom is 0.309 e. The lowest BCUT2D eigenvalue weighted by atomic mass is 9.67. The molecule has 0 aromatic carbocycles. The average Bonchev–Trinajstić information content (AvgIpc) is 2.17. The zero-order valence-electron chi connectivity index (χ0n) is 9.55. The highest BCUT2D eigenvalue weighted by Gasteiger charge is 2.40. The summed E-state index contributed by atoms with van der Waals surface area (Å²) in [6.45, 7) is 6.48. The summed E-state index contributed by atoms with van der Waals surface area (Å²) in [6, 6.07) is 0. The number of hydrogen-bond donors (Lipinski definition) is 1. The molecule has 14 heavy (non-hydrogen) atoms. The van der Waals surface area contributed by atoms with Gasteiger partial charge in [-0.25, -0.2) is 0 Å². The van der Waals surface area contributed by atoms with Crippen molar-refractivity contribution < 1.29 is 9.90 Å². The van der Waals surface area contributed by atoms with Crippen LogP contribution in [0.25, 0.3) is 0 Å². The van der Waals surface area contributed by atoms with Crippen molar-refractivity contribution >= 4 is 5.97 Å². The van der Waals surface area contributed by atoms with Crippen LogP contribution < -0.4 is 0 Å². The third kappa shape index (κ3) is 2.10. The Hall–Kier alpha value is -0.530. The average molecular weight is 198 g/mol. The number of aliphatic carboxylic acids is 1. The Balaban J connectivity index is 2.59. The highest BCUT2D eigenvalue weighted by molar-refractivity contribution is 5.74. The van der Waals surface area contributed by atoms with Gasteiger partial charge in [-0.3, -0.25) is 4.79 Å². The lowest BCUT2D eigenvalue weighted by Gasteiger charge is -2.37. The summed E-state index contributed by atoms with van der Waals surface area (Å²) in [4.78, 5) is 11.2. The van der Waals surface area contributed by atoms with E-state index in [4.69, 9.17) is 0 Å². The lowest BCUT2D eigenvalue weighted by molar-refractivity contribution is -0.152. The highest BCUT2D eigenvalue weighted by Crippen LogP contribution is 2.43. The first-order valence-corrected chi connectivity index (χ1v) is 5.75. The van der Waals surface area contributed by atoms with E-state index in [1.165, 1.54) is 0 Å². The Bertz CT molecular complexity index is 200. The summed E-state index contributed by atoms with van der Waals surface area (Å²) in [5, 5.41) is 9.21. The number of hydrogen-bond acceptors (Lipinski definition) is 1. The Morgan fingerprint density at radius 3 is 2.21 bits per heavy atom. The monoisotopic (exact) mass is 198 g/mol. The van der Waals surface area contributed by atoms with E-state index in [0.29, 0.717) is 5.92 Å². The fourth-order valence-electron chi connectivity index (χ4n) is 2.58. The molecule has 1 N–H and O–H groups in total. The molecular weight excluding hydrogens is 176 g/mol. The van der Waals surface area contributed by atoms with Crippen molar-refractivity contribution in [2.24, 2.45) is 17.3 Å². The summed E-state index contributed by atoms with van der Waals surface area (Å²) >= 11 is 0. The van der Waals surface area contributed by atoms with Gasteiger partial charge < -0.3 is 5.11 Å². The van der Waals surface area contributed by atoms with E-state index in [0.717, 1.165) is 38.0 Å². The Labute approximate surface area is 86.7 Å². The minimum atomic E-state index is -0.581. The fourth-order valence-corrected chi connectivity index (χ4v) is 2.58. The van der Waals surface area contributed by atoms with Crippen molar-refractivity contribution in [3.63, 3.8) is 0 Å². The first-order valence-electron chi connectivity index (χ1n) is 5.75. The predicted molar refractivity (Wildman–Crippen MR) is 57.2 cm³/mol. The van der Waals surface area contributed by atoms with Gasteiger partial charge in [0.15, 0.2) is 0 Å². The predicted octanol–water partition coefficient (Wildman–Crippen LogP) is 3.31. The molecule has 0 atom stereocenters. The summed E-state index contributed by atoms with van der Waals surface area (Å²) in [7, 11) is 0. The quantitative estimate of drug-likeness (QED) is 0.755. The maximum absolute atomic E-state index is 11.2. The van der Waals surface area contributed by atoms with Crippen LogP contribution in [-0.4, -0.2) is 11.1 Å². The second kappa shape index (κ2) is 4.33. The van der Waals surface area contributed by atoms with Gasteiger partial charge >= 0.3 is 5.97 Å². The van der Waals surface area contributed by atoms with Crippen LogP contribution in [0.2, 0.25) is 0 Å². The molecule has 0 amide bonds. The molecule has 1 saturated carbocycles. The van der Waals surface area contributed by atoms with E-state index in [-0.39, 0.29) is 0 Å². The van der Waals surface area contributed by atoms with Crippen LogP contribution in [0, 0.1) is 17.3 Å². The van der Waals surface area contributed by atoms with Gasteiger partial charge in [-0.15, -0.1) is 0 Å². The molecule has 0 aliphatic heterocycles. The van der Waals surface area contributed by atoms with E-state index in [1.54, 1.807) is 0 Å². The third-order valence-corrected chi connectivity index (χ3v) is 4.06. The van der Waals surface area contributed by atoms with Crippen molar-refractivity contribution in [1.82, 2.24) is 0 Å². The normalized spacial score (nSPS) is 33.3. The second-order valence-electron chi connectivity index (χ2n) is 5.02. The van der Waals surface area contributed by atoms with Crippen LogP contribution in [0.1, 0.15) is 52.9 Å². The maximum atomic E-state index is 11.2. The SMILES string of the molecule is CCC1(C(=O)O)CCC(C(C)C)CC1. The summed E-state index contributed by atoms with van der Waals surface area (Å²) in [5.41, 5.74) is -0.397. The van der Waals surface area contributed by atoms with Gasteiger partial charge in [0.2, 0.25) is 0 Å². The van der Waals surface area contributed by atoms with E-state index in [1.807, 2.05) is 6.92 Å². The zero-order chi connectivity index (χ0) is 10.8. The van der Waals surface area contributed by atoms with Crippen molar-refractivity contribution in [3.8, 4) is 0 Å². The minimum absolute atomic E-state index is 0.397. The van der Waals surface area contributed by atoms with Crippen molar-refractivity contribution in [3.05, 3.63) is 0 Å². The molecule has 2 heteroatoms. The number of carboxylic acids is 1. The van der Waals surface area contributed by atoms with E-state index in [9.17, 15) is 9.90 Å². The van der Waals surface area contributed by atoms with Crippen LogP contribution in [0.4, 0.5) is 0 Å². The molecule has 0 aromatic heterocycles. The molecule has 1 rings (SSSR count). The topological polar surface area (TPSA) is 37.3 Å². The van der Waals surface area contributed by atoms with Crippen molar-refractivity contribution in [2.75, 3.05) is 0 Å². The van der Waals surface area contributed by atoms with Gasteiger partial charge in [-0.2, -0.15) is 0 Å². The zero-order valence-corrected chi connectivity index (χ0v) is 9.55. The van der Waals surface area contributed by atoms with Gasteiger partial charge in [-0.1, -0.05) is 20.8 Å². The van der Waals surface area contributed by atoms with E-state index < -0.39 is 11.4 Å². The van der Waals surface area contributed by atoms with Gasteiger partial charge in [0.25, 0.3) is 0 Å². The first-order chi connectivity index (χ1) is 6.52. The van der Waals surface area contributed by atoms with Gasteiger partial charge in [0.1, 0.15) is 0 Å². The molecule has 0 aromatic rings. The third-order valence-electron chi connectivity index (χ3n) is 4.06. The number of carboxylic acid groups (broad SMARTS) is 1. The molecular formula is C12H22O2. The van der Waals surface area contributed by atoms with Crippen LogP contribution in [0.5, 0.6) is 0 Å². The molecule has 0 saturated heterocycles. The molecule has 2 nitrogen and oxygen atoms in total. The van der Waals surface area contributed by atoms with E-state index >= 15 is 0 Å². The van der Waals surface area contributed by atoms with Gasteiger partial charge in [-0.05, 0) is 43.9 Å². The van der Waals surface area contributed by atoms with Crippen LogP contribution >= 0.6 is 0 Å².